The summed E-state index contributed by atoms with van der Waals surface area (Å²) in [5.74, 6) is -1.63. The fourth-order valence-corrected chi connectivity index (χ4v) is 4.97. The molecule has 5 aromatic rings. The fourth-order valence-electron chi connectivity index (χ4n) is 4.97. The number of amides is 2. The van der Waals surface area contributed by atoms with Gasteiger partial charge in [0, 0.05) is 22.9 Å². The van der Waals surface area contributed by atoms with Crippen LogP contribution in [-0.4, -0.2) is 26.5 Å². The van der Waals surface area contributed by atoms with Crippen LogP contribution in [0.1, 0.15) is 18.1 Å². The second-order valence-corrected chi connectivity index (χ2v) is 9.77. The number of para-hydroxylation sites is 1. The second-order valence-electron chi connectivity index (χ2n) is 9.77. The summed E-state index contributed by atoms with van der Waals surface area (Å²) in [6, 6.07) is 31.2. The maximum atomic E-state index is 13.8. The van der Waals surface area contributed by atoms with Crippen molar-refractivity contribution in [2.75, 3.05) is 0 Å². The van der Waals surface area contributed by atoms with E-state index in [0.29, 0.717) is 22.4 Å². The molecule has 0 bridgehead atoms. The van der Waals surface area contributed by atoms with Gasteiger partial charge in [0.1, 0.15) is 17.5 Å². The lowest BCUT2D eigenvalue weighted by atomic mass is 9.92. The summed E-state index contributed by atoms with van der Waals surface area (Å²) in [5, 5.41) is 16.9. The van der Waals surface area contributed by atoms with Gasteiger partial charge in [-0.25, -0.2) is 9.07 Å². The number of rotatable bonds is 5. The molecule has 0 saturated heterocycles. The van der Waals surface area contributed by atoms with Gasteiger partial charge in [-0.3, -0.25) is 14.5 Å². The minimum absolute atomic E-state index is 0.0887. The number of fused-ring (bicyclic) bond motifs is 1. The van der Waals surface area contributed by atoms with Crippen molar-refractivity contribution in [3.8, 4) is 23.0 Å². The topological polar surface area (TPSA) is 79.0 Å². The lowest BCUT2D eigenvalue weighted by Gasteiger charge is -2.27. The standard InChI is InChI=1S/C34H23FN4O2/c1-22-30(33(40)38(34(41)31(22)19-36)20-23-11-15-28(35)16-12-23)18-27-21-39(29-9-3-2-4-10-29)37-32(27)26-14-13-24-7-5-6-8-25(24)17-26/h2-18,21H,20H2,1H3/b30-18+. The zero-order valence-corrected chi connectivity index (χ0v) is 22.1. The molecular weight excluding hydrogens is 515 g/mol. The molecular formula is C34H23FN4O2. The number of imide groups is 1. The highest BCUT2D eigenvalue weighted by Crippen LogP contribution is 2.33. The van der Waals surface area contributed by atoms with Gasteiger partial charge in [0.15, 0.2) is 0 Å². The van der Waals surface area contributed by atoms with Gasteiger partial charge in [0.25, 0.3) is 11.8 Å². The molecule has 41 heavy (non-hydrogen) atoms. The summed E-state index contributed by atoms with van der Waals surface area (Å²) >= 11 is 0. The number of nitriles is 1. The smallest absolute Gasteiger partial charge is 0.269 e. The summed E-state index contributed by atoms with van der Waals surface area (Å²) in [6.07, 6.45) is 3.52. The minimum atomic E-state index is -0.675. The third-order valence-electron chi connectivity index (χ3n) is 7.17. The first kappa shape index (κ1) is 25.7. The first-order valence-corrected chi connectivity index (χ1v) is 13.0. The van der Waals surface area contributed by atoms with E-state index >= 15 is 0 Å². The molecule has 2 heterocycles. The van der Waals surface area contributed by atoms with Crippen molar-refractivity contribution in [1.82, 2.24) is 14.7 Å². The van der Waals surface area contributed by atoms with E-state index in [1.165, 1.54) is 24.3 Å². The minimum Gasteiger partial charge on any atom is -0.269 e. The zero-order valence-electron chi connectivity index (χ0n) is 22.1. The van der Waals surface area contributed by atoms with Gasteiger partial charge in [-0.1, -0.05) is 66.7 Å². The van der Waals surface area contributed by atoms with Crippen LogP contribution >= 0.6 is 0 Å². The first-order valence-electron chi connectivity index (χ1n) is 13.0. The predicted molar refractivity (Wildman–Crippen MR) is 155 cm³/mol. The Kier molecular flexibility index (Phi) is 6.58. The molecule has 0 spiro atoms. The second kappa shape index (κ2) is 10.5. The van der Waals surface area contributed by atoms with Crippen molar-refractivity contribution >= 4 is 28.7 Å². The molecule has 198 valence electrons. The Hall–Kier alpha value is -5.61. The monoisotopic (exact) mass is 538 g/mol. The number of hydrogen-bond acceptors (Lipinski definition) is 4. The summed E-state index contributed by atoms with van der Waals surface area (Å²) in [4.78, 5) is 28.0. The average molecular weight is 539 g/mol. The molecule has 1 aliphatic heterocycles. The molecule has 6 nitrogen and oxygen atoms in total. The van der Waals surface area contributed by atoms with Gasteiger partial charge in [-0.2, -0.15) is 10.4 Å². The molecule has 0 aliphatic carbocycles. The molecule has 0 fully saturated rings. The number of halogens is 1. The Morgan fingerprint density at radius 1 is 0.878 bits per heavy atom. The van der Waals surface area contributed by atoms with Gasteiger partial charge in [0.2, 0.25) is 0 Å². The lowest BCUT2D eigenvalue weighted by Crippen LogP contribution is -2.42. The van der Waals surface area contributed by atoms with E-state index in [9.17, 15) is 19.2 Å². The largest absolute Gasteiger partial charge is 0.271 e. The van der Waals surface area contributed by atoms with E-state index in [4.69, 9.17) is 5.10 Å². The van der Waals surface area contributed by atoms with Crippen LogP contribution in [0, 0.1) is 17.1 Å². The zero-order chi connectivity index (χ0) is 28.5. The molecule has 0 unspecified atom stereocenters. The maximum absolute atomic E-state index is 13.8. The number of benzene rings is 4. The van der Waals surface area contributed by atoms with E-state index in [1.54, 1.807) is 17.7 Å². The van der Waals surface area contributed by atoms with Crippen molar-refractivity contribution in [2.45, 2.75) is 13.5 Å². The molecule has 2 amide bonds. The lowest BCUT2D eigenvalue weighted by molar-refractivity contribution is -0.141. The molecule has 1 aromatic heterocycles. The van der Waals surface area contributed by atoms with Gasteiger partial charge in [-0.15, -0.1) is 0 Å². The van der Waals surface area contributed by atoms with Crippen LogP contribution in [0.4, 0.5) is 4.39 Å². The highest BCUT2D eigenvalue weighted by molar-refractivity contribution is 6.19. The van der Waals surface area contributed by atoms with Crippen molar-refractivity contribution in [2.24, 2.45) is 0 Å². The van der Waals surface area contributed by atoms with Crippen LogP contribution in [0.5, 0.6) is 0 Å². The van der Waals surface area contributed by atoms with E-state index in [-0.39, 0.29) is 17.7 Å². The Morgan fingerprint density at radius 2 is 1.59 bits per heavy atom. The van der Waals surface area contributed by atoms with E-state index in [1.807, 2.05) is 85.1 Å². The molecule has 4 aromatic carbocycles. The van der Waals surface area contributed by atoms with Crippen LogP contribution in [0.25, 0.3) is 33.8 Å². The molecule has 0 radical (unpaired) electrons. The highest BCUT2D eigenvalue weighted by Gasteiger charge is 2.35. The van der Waals surface area contributed by atoms with Crippen LogP contribution < -0.4 is 0 Å². The van der Waals surface area contributed by atoms with Crippen molar-refractivity contribution in [1.29, 1.82) is 5.26 Å². The normalized spacial score (nSPS) is 14.7. The number of aromatic nitrogens is 2. The Balaban J connectivity index is 1.50. The van der Waals surface area contributed by atoms with Gasteiger partial charge in [0.05, 0.1) is 17.9 Å². The van der Waals surface area contributed by atoms with Gasteiger partial charge >= 0.3 is 0 Å². The number of hydrogen-bond donors (Lipinski definition) is 0. The van der Waals surface area contributed by atoms with Gasteiger partial charge in [-0.05, 0) is 65.2 Å². The third-order valence-corrected chi connectivity index (χ3v) is 7.17. The van der Waals surface area contributed by atoms with Crippen molar-refractivity contribution < 1.29 is 14.0 Å². The summed E-state index contributed by atoms with van der Waals surface area (Å²) in [7, 11) is 0. The molecule has 0 saturated carbocycles. The van der Waals surface area contributed by atoms with Crippen LogP contribution in [-0.2, 0) is 16.1 Å². The first-order chi connectivity index (χ1) is 19.9. The summed E-state index contributed by atoms with van der Waals surface area (Å²) in [5.41, 5.74) is 3.97. The Morgan fingerprint density at radius 3 is 2.32 bits per heavy atom. The summed E-state index contributed by atoms with van der Waals surface area (Å²) < 4.78 is 15.2. The average Bonchev–Trinajstić information content (AvgIpc) is 3.43. The SMILES string of the molecule is CC1=C(C#N)C(=O)N(Cc2ccc(F)cc2)C(=O)/C1=C/c1cn(-c2ccccc2)nc1-c1ccc2ccccc2c1. The number of nitrogens with zero attached hydrogens (tertiary/aromatic N) is 4. The molecule has 6 rings (SSSR count). The van der Waals surface area contributed by atoms with Crippen molar-refractivity contribution in [3.05, 3.63) is 137 Å². The molecule has 0 N–H and O–H groups in total. The van der Waals surface area contributed by atoms with Gasteiger partial charge < -0.3 is 0 Å². The Labute approximate surface area is 235 Å². The molecule has 7 heteroatoms. The highest BCUT2D eigenvalue weighted by atomic mass is 19.1. The van der Waals surface area contributed by atoms with Crippen LogP contribution in [0.2, 0.25) is 0 Å². The number of carbonyl (C=O) groups is 2. The molecule has 0 atom stereocenters. The number of carbonyl (C=O) groups excluding carboxylic acids is 2. The fraction of sp³-hybridized carbons (Fsp3) is 0.0588. The van der Waals surface area contributed by atoms with Crippen LogP contribution in [0.3, 0.4) is 0 Å². The quantitative estimate of drug-likeness (QED) is 0.186. The third kappa shape index (κ3) is 4.83. The Bertz CT molecular complexity index is 1930. The van der Waals surface area contributed by atoms with Crippen LogP contribution in [0.15, 0.2) is 120 Å². The maximum Gasteiger partial charge on any atom is 0.271 e. The van der Waals surface area contributed by atoms with Crippen molar-refractivity contribution in [3.63, 3.8) is 0 Å². The summed E-state index contributed by atoms with van der Waals surface area (Å²) in [6.45, 7) is 1.52. The molecule has 1 aliphatic rings. The van der Waals surface area contributed by atoms with E-state index in [2.05, 4.69) is 0 Å². The van der Waals surface area contributed by atoms with E-state index < -0.39 is 17.6 Å². The predicted octanol–water partition coefficient (Wildman–Crippen LogP) is 6.62. The van der Waals surface area contributed by atoms with E-state index in [0.717, 1.165) is 26.9 Å².